The van der Waals surface area contributed by atoms with E-state index >= 15 is 0 Å². The molecule has 0 bridgehead atoms. The van der Waals surface area contributed by atoms with Gasteiger partial charge in [-0.3, -0.25) is 9.48 Å². The Balaban J connectivity index is 1.65. The van der Waals surface area contributed by atoms with E-state index in [0.717, 1.165) is 31.4 Å². The van der Waals surface area contributed by atoms with Crippen molar-refractivity contribution in [2.75, 3.05) is 5.32 Å². The minimum Gasteiger partial charge on any atom is -0.309 e. The standard InChI is InChI=1S/C21H22F5N3O/c1-29-18(20(8-3-9-20)21(24,25)26)17(13-4-2-5-13)19(28-29)27-16(30)11-12-6-7-14(22)15(23)10-12/h6-7,10,13H,2-5,8-9,11H2,1H3,(H,27,28,30). The van der Waals surface area contributed by atoms with E-state index in [1.165, 1.54) is 17.8 Å². The second kappa shape index (κ2) is 7.35. The summed E-state index contributed by atoms with van der Waals surface area (Å²) in [6, 6.07) is 3.15. The molecule has 0 radical (unpaired) electrons. The number of rotatable bonds is 5. The molecule has 2 saturated carbocycles. The number of aryl methyl sites for hydroxylation is 1. The maximum atomic E-state index is 14.0. The Morgan fingerprint density at radius 3 is 2.40 bits per heavy atom. The number of hydrogen-bond acceptors (Lipinski definition) is 2. The molecule has 2 aliphatic carbocycles. The fourth-order valence-corrected chi connectivity index (χ4v) is 4.48. The smallest absolute Gasteiger partial charge is 0.309 e. The van der Waals surface area contributed by atoms with Crippen LogP contribution < -0.4 is 5.32 Å². The number of halogens is 5. The number of carbonyl (C=O) groups excluding carboxylic acids is 1. The maximum absolute atomic E-state index is 14.0. The molecular formula is C21H22F5N3O. The number of carbonyl (C=O) groups is 1. The van der Waals surface area contributed by atoms with Crippen LogP contribution in [-0.4, -0.2) is 21.9 Å². The molecular weight excluding hydrogens is 405 g/mol. The summed E-state index contributed by atoms with van der Waals surface area (Å²) in [4.78, 5) is 12.5. The molecule has 9 heteroatoms. The normalized spacial score (nSPS) is 18.6. The van der Waals surface area contributed by atoms with Gasteiger partial charge in [0, 0.05) is 12.6 Å². The highest BCUT2D eigenvalue weighted by Gasteiger charge is 2.62. The van der Waals surface area contributed by atoms with Crippen molar-refractivity contribution in [1.82, 2.24) is 9.78 Å². The number of amides is 1. The molecule has 0 atom stereocenters. The molecule has 0 unspecified atom stereocenters. The van der Waals surface area contributed by atoms with Crippen molar-refractivity contribution >= 4 is 11.7 Å². The van der Waals surface area contributed by atoms with Gasteiger partial charge in [-0.1, -0.05) is 18.9 Å². The van der Waals surface area contributed by atoms with Crippen LogP contribution in [-0.2, 0) is 23.7 Å². The zero-order chi connectivity index (χ0) is 21.7. The zero-order valence-corrected chi connectivity index (χ0v) is 16.5. The predicted octanol–water partition coefficient (Wildman–Crippen LogP) is 5.13. The van der Waals surface area contributed by atoms with E-state index in [9.17, 15) is 26.7 Å². The van der Waals surface area contributed by atoms with Crippen LogP contribution in [0.15, 0.2) is 18.2 Å². The Morgan fingerprint density at radius 1 is 1.20 bits per heavy atom. The average molecular weight is 427 g/mol. The monoisotopic (exact) mass is 427 g/mol. The Hall–Kier alpha value is -2.45. The van der Waals surface area contributed by atoms with Crippen LogP contribution in [0.3, 0.4) is 0 Å². The van der Waals surface area contributed by atoms with E-state index in [-0.39, 0.29) is 42.3 Å². The summed E-state index contributed by atoms with van der Waals surface area (Å²) >= 11 is 0. The van der Waals surface area contributed by atoms with Gasteiger partial charge in [0.15, 0.2) is 17.5 Å². The van der Waals surface area contributed by atoms with Crippen LogP contribution in [0.1, 0.15) is 61.3 Å². The lowest BCUT2D eigenvalue weighted by Crippen LogP contribution is -2.50. The maximum Gasteiger partial charge on any atom is 0.399 e. The summed E-state index contributed by atoms with van der Waals surface area (Å²) in [6.45, 7) is 0. The van der Waals surface area contributed by atoms with Crippen molar-refractivity contribution in [3.8, 4) is 0 Å². The molecule has 162 valence electrons. The first-order chi connectivity index (χ1) is 14.1. The van der Waals surface area contributed by atoms with Gasteiger partial charge >= 0.3 is 6.18 Å². The molecule has 2 aliphatic rings. The van der Waals surface area contributed by atoms with Crippen molar-refractivity contribution in [1.29, 1.82) is 0 Å². The summed E-state index contributed by atoms with van der Waals surface area (Å²) in [6.07, 6.45) is -1.71. The average Bonchev–Trinajstić information content (AvgIpc) is 2.84. The lowest BCUT2D eigenvalue weighted by Gasteiger charge is -2.44. The highest BCUT2D eigenvalue weighted by atomic mass is 19.4. The fourth-order valence-electron chi connectivity index (χ4n) is 4.48. The number of nitrogens with one attached hydrogen (secondary N) is 1. The van der Waals surface area contributed by atoms with Crippen molar-refractivity contribution in [3.63, 3.8) is 0 Å². The molecule has 2 fully saturated rings. The lowest BCUT2D eigenvalue weighted by molar-refractivity contribution is -0.215. The molecule has 30 heavy (non-hydrogen) atoms. The van der Waals surface area contributed by atoms with Crippen LogP contribution in [0.25, 0.3) is 0 Å². The molecule has 1 N–H and O–H groups in total. The molecule has 1 heterocycles. The number of aromatic nitrogens is 2. The van der Waals surface area contributed by atoms with Gasteiger partial charge in [-0.2, -0.15) is 18.3 Å². The van der Waals surface area contributed by atoms with Crippen molar-refractivity contribution < 1.29 is 26.7 Å². The Labute approximate surface area is 170 Å². The van der Waals surface area contributed by atoms with Gasteiger partial charge in [-0.05, 0) is 49.3 Å². The highest BCUT2D eigenvalue weighted by molar-refractivity contribution is 5.92. The molecule has 0 spiro atoms. The van der Waals surface area contributed by atoms with E-state index in [0.29, 0.717) is 12.0 Å². The Kier molecular flexibility index (Phi) is 5.10. The minimum atomic E-state index is -4.40. The third kappa shape index (κ3) is 3.37. The summed E-state index contributed by atoms with van der Waals surface area (Å²) < 4.78 is 69.8. The molecule has 4 nitrogen and oxygen atoms in total. The number of alkyl halides is 3. The topological polar surface area (TPSA) is 46.9 Å². The van der Waals surface area contributed by atoms with Crippen LogP contribution in [0, 0.1) is 11.6 Å². The molecule has 4 rings (SSSR count). The number of benzene rings is 1. The molecule has 1 amide bonds. The van der Waals surface area contributed by atoms with Crippen molar-refractivity contribution in [2.45, 2.75) is 62.5 Å². The van der Waals surface area contributed by atoms with Gasteiger partial charge in [0.05, 0.1) is 12.1 Å². The molecule has 2 aromatic rings. The van der Waals surface area contributed by atoms with E-state index in [1.54, 1.807) is 0 Å². The third-order valence-electron chi connectivity index (χ3n) is 6.41. The first-order valence-electron chi connectivity index (χ1n) is 10.0. The molecule has 1 aromatic heterocycles. The Morgan fingerprint density at radius 2 is 1.90 bits per heavy atom. The van der Waals surface area contributed by atoms with Gasteiger partial charge in [0.2, 0.25) is 5.91 Å². The second-order valence-corrected chi connectivity index (χ2v) is 8.27. The zero-order valence-electron chi connectivity index (χ0n) is 16.5. The first-order valence-corrected chi connectivity index (χ1v) is 10.0. The van der Waals surface area contributed by atoms with Gasteiger partial charge in [-0.15, -0.1) is 0 Å². The van der Waals surface area contributed by atoms with Crippen LogP contribution >= 0.6 is 0 Å². The summed E-state index contributed by atoms with van der Waals surface area (Å²) in [5, 5.41) is 6.86. The van der Waals surface area contributed by atoms with E-state index in [1.807, 2.05) is 0 Å². The van der Waals surface area contributed by atoms with Gasteiger partial charge < -0.3 is 5.32 Å². The van der Waals surface area contributed by atoms with E-state index in [2.05, 4.69) is 10.4 Å². The third-order valence-corrected chi connectivity index (χ3v) is 6.41. The Bertz CT molecular complexity index is 974. The van der Waals surface area contributed by atoms with Crippen LogP contribution in [0.4, 0.5) is 27.8 Å². The molecule has 0 saturated heterocycles. The predicted molar refractivity (Wildman–Crippen MR) is 100 cm³/mol. The highest BCUT2D eigenvalue weighted by Crippen LogP contribution is 2.58. The SMILES string of the molecule is Cn1nc(NC(=O)Cc2ccc(F)c(F)c2)c(C2CCC2)c1C1(C(F)(F)F)CCC1. The van der Waals surface area contributed by atoms with E-state index in [4.69, 9.17) is 0 Å². The number of nitrogens with zero attached hydrogens (tertiary/aromatic N) is 2. The number of hydrogen-bond donors (Lipinski definition) is 1. The lowest BCUT2D eigenvalue weighted by atomic mass is 9.63. The van der Waals surface area contributed by atoms with E-state index < -0.39 is 29.1 Å². The number of anilines is 1. The molecule has 1 aromatic carbocycles. The summed E-state index contributed by atoms with van der Waals surface area (Å²) in [5.74, 6) is -2.56. The van der Waals surface area contributed by atoms with Crippen LogP contribution in [0.5, 0.6) is 0 Å². The second-order valence-electron chi connectivity index (χ2n) is 8.27. The van der Waals surface area contributed by atoms with Gasteiger partial charge in [0.25, 0.3) is 0 Å². The van der Waals surface area contributed by atoms with Gasteiger partial charge in [-0.25, -0.2) is 8.78 Å². The van der Waals surface area contributed by atoms with Crippen molar-refractivity contribution in [3.05, 3.63) is 46.7 Å². The largest absolute Gasteiger partial charge is 0.399 e. The van der Waals surface area contributed by atoms with Crippen LogP contribution in [0.2, 0.25) is 0 Å². The summed E-state index contributed by atoms with van der Waals surface area (Å²) in [5.41, 5.74) is -1.05. The van der Waals surface area contributed by atoms with Crippen molar-refractivity contribution in [2.24, 2.45) is 7.05 Å². The fraction of sp³-hybridized carbons (Fsp3) is 0.524. The first kappa shape index (κ1) is 20.8. The quantitative estimate of drug-likeness (QED) is 0.673. The van der Waals surface area contributed by atoms with Gasteiger partial charge in [0.1, 0.15) is 5.41 Å². The minimum absolute atomic E-state index is 0.0119. The molecule has 0 aliphatic heterocycles. The summed E-state index contributed by atoms with van der Waals surface area (Å²) in [7, 11) is 1.48.